The van der Waals surface area contributed by atoms with Crippen LogP contribution in [0.3, 0.4) is 0 Å². The maximum atomic E-state index is 11.3. The van der Waals surface area contributed by atoms with Crippen LogP contribution < -0.4 is 0 Å². The van der Waals surface area contributed by atoms with Crippen LogP contribution in [0.25, 0.3) is 0 Å². The van der Waals surface area contributed by atoms with E-state index in [1.807, 2.05) is 0 Å². The number of nitrogens with zero attached hydrogens (tertiary/aromatic N) is 1. The first-order chi connectivity index (χ1) is 6.88. The van der Waals surface area contributed by atoms with E-state index >= 15 is 0 Å². The fourth-order valence-corrected chi connectivity index (χ4v) is 2.15. The van der Waals surface area contributed by atoms with Gasteiger partial charge in [0, 0.05) is 0 Å². The molecule has 1 aliphatic rings. The van der Waals surface area contributed by atoms with Crippen LogP contribution in [0.1, 0.15) is 27.2 Å². The SMILES string of the molecule is CC(C)(C)CCN1CCOC([C](=O)[SnH])C1. The maximum absolute atomic E-state index is 11.3. The molecule has 0 aromatic rings. The van der Waals surface area contributed by atoms with E-state index in [0.717, 1.165) is 19.6 Å². The number of hydrogen-bond acceptors (Lipinski definition) is 3. The second-order valence-electron chi connectivity index (χ2n) is 5.37. The van der Waals surface area contributed by atoms with Gasteiger partial charge in [0.25, 0.3) is 0 Å². The monoisotopic (exact) mass is 319 g/mol. The van der Waals surface area contributed by atoms with E-state index in [-0.39, 0.29) is 9.90 Å². The molecule has 1 saturated heterocycles. The molecule has 0 aliphatic carbocycles. The van der Waals surface area contributed by atoms with Gasteiger partial charge in [-0.05, 0) is 0 Å². The summed E-state index contributed by atoms with van der Waals surface area (Å²) >= 11 is 0.670. The Hall–Kier alpha value is 0.389. The van der Waals surface area contributed by atoms with Crippen LogP contribution in [0.2, 0.25) is 0 Å². The molecule has 0 spiro atoms. The molecule has 15 heavy (non-hydrogen) atoms. The van der Waals surface area contributed by atoms with Gasteiger partial charge in [0.15, 0.2) is 0 Å². The molecule has 4 heteroatoms. The topological polar surface area (TPSA) is 29.5 Å². The summed E-state index contributed by atoms with van der Waals surface area (Å²) in [7, 11) is 0. The van der Waals surface area contributed by atoms with Gasteiger partial charge in [-0.1, -0.05) is 0 Å². The van der Waals surface area contributed by atoms with Gasteiger partial charge >= 0.3 is 106 Å². The van der Waals surface area contributed by atoms with Crippen molar-refractivity contribution in [3.05, 3.63) is 0 Å². The molecule has 86 valence electrons. The van der Waals surface area contributed by atoms with Crippen LogP contribution in [0.15, 0.2) is 0 Å². The van der Waals surface area contributed by atoms with Gasteiger partial charge in [-0.15, -0.1) is 0 Å². The number of ether oxygens (including phenoxy) is 1. The molecular weight excluding hydrogens is 297 g/mol. The molecule has 0 amide bonds. The van der Waals surface area contributed by atoms with E-state index in [0.29, 0.717) is 34.5 Å². The first-order valence-corrected chi connectivity index (χ1v) is 7.16. The standard InChI is InChI=1S/C11H20NO2.Sn.H/c1-11(2,3)4-5-12-6-7-14-10(8-12)9-13;;/h10H,4-8H2,1-3H3;;. The van der Waals surface area contributed by atoms with Crippen molar-refractivity contribution in [2.24, 2.45) is 5.41 Å². The van der Waals surface area contributed by atoms with Gasteiger partial charge in [0.1, 0.15) is 0 Å². The molecule has 1 heterocycles. The molecule has 0 bridgehead atoms. The summed E-state index contributed by atoms with van der Waals surface area (Å²) in [5.74, 6) is 0. The Morgan fingerprint density at radius 3 is 2.73 bits per heavy atom. The molecule has 1 unspecified atom stereocenters. The van der Waals surface area contributed by atoms with E-state index in [1.54, 1.807) is 0 Å². The van der Waals surface area contributed by atoms with Crippen LogP contribution in [0.5, 0.6) is 0 Å². The zero-order valence-corrected chi connectivity index (χ0v) is 13.2. The fourth-order valence-electron chi connectivity index (χ4n) is 1.57. The van der Waals surface area contributed by atoms with Crippen LogP contribution in [0.4, 0.5) is 0 Å². The fraction of sp³-hybridized carbons (Fsp3) is 0.909. The predicted octanol–water partition coefficient (Wildman–Crippen LogP) is 0.551. The van der Waals surface area contributed by atoms with Crippen molar-refractivity contribution in [3.63, 3.8) is 0 Å². The van der Waals surface area contributed by atoms with Crippen molar-refractivity contribution in [1.82, 2.24) is 4.90 Å². The third kappa shape index (κ3) is 5.31. The number of carbonyl (C=O) groups is 1. The van der Waals surface area contributed by atoms with Crippen LogP contribution >= 0.6 is 0 Å². The van der Waals surface area contributed by atoms with E-state index < -0.39 is 0 Å². The average Bonchev–Trinajstić information content (AvgIpc) is 2.14. The van der Waals surface area contributed by atoms with Gasteiger partial charge in [-0.2, -0.15) is 0 Å². The Balaban J connectivity index is 2.34. The normalized spacial score (nSPS) is 24.1. The third-order valence-electron chi connectivity index (χ3n) is 2.65. The Labute approximate surface area is 106 Å². The summed E-state index contributed by atoms with van der Waals surface area (Å²) in [5, 5.41) is 0. The molecular formula is C11H21NO2Sn. The number of rotatable bonds is 3. The summed E-state index contributed by atoms with van der Waals surface area (Å²) in [6.45, 7) is 10.3. The van der Waals surface area contributed by atoms with Crippen LogP contribution in [0, 0.1) is 5.41 Å². The summed E-state index contributed by atoms with van der Waals surface area (Å²) in [4.78, 5) is 13.6. The van der Waals surface area contributed by atoms with Crippen LogP contribution in [-0.4, -0.2) is 63.6 Å². The molecule has 2 radical (unpaired) electrons. The quantitative estimate of drug-likeness (QED) is 0.712. The second-order valence-corrected chi connectivity index (χ2v) is 7.00. The Kier molecular flexibility index (Phi) is 5.06. The van der Waals surface area contributed by atoms with Gasteiger partial charge in [-0.3, -0.25) is 0 Å². The Bertz CT molecular complexity index is 225. The van der Waals surface area contributed by atoms with Crippen molar-refractivity contribution in [2.45, 2.75) is 33.3 Å². The van der Waals surface area contributed by atoms with Crippen molar-refractivity contribution < 1.29 is 9.53 Å². The molecule has 0 aromatic carbocycles. The van der Waals surface area contributed by atoms with E-state index in [1.165, 1.54) is 6.42 Å². The zero-order valence-electron chi connectivity index (χ0n) is 9.95. The van der Waals surface area contributed by atoms with Crippen molar-refractivity contribution in [1.29, 1.82) is 0 Å². The van der Waals surface area contributed by atoms with Gasteiger partial charge < -0.3 is 0 Å². The average molecular weight is 318 g/mol. The summed E-state index contributed by atoms with van der Waals surface area (Å²) < 4.78 is 5.72. The minimum absolute atomic E-state index is 0.138. The summed E-state index contributed by atoms with van der Waals surface area (Å²) in [6.07, 6.45) is 1.04. The predicted molar refractivity (Wildman–Crippen MR) is 62.4 cm³/mol. The van der Waals surface area contributed by atoms with E-state index in [9.17, 15) is 4.79 Å². The third-order valence-corrected chi connectivity index (χ3v) is 3.71. The summed E-state index contributed by atoms with van der Waals surface area (Å²) in [6, 6.07) is 0. The summed E-state index contributed by atoms with van der Waals surface area (Å²) in [5.41, 5.74) is 0.373. The second kappa shape index (κ2) is 5.64. The first-order valence-electron chi connectivity index (χ1n) is 5.52. The van der Waals surface area contributed by atoms with E-state index in [2.05, 4.69) is 25.7 Å². The zero-order chi connectivity index (χ0) is 11.5. The number of morpholine rings is 1. The van der Waals surface area contributed by atoms with Gasteiger partial charge in [0.2, 0.25) is 0 Å². The molecule has 0 aromatic heterocycles. The molecule has 1 fully saturated rings. The molecule has 1 aliphatic heterocycles. The Morgan fingerprint density at radius 2 is 2.20 bits per heavy atom. The minimum atomic E-state index is -0.138. The number of hydrogen-bond donors (Lipinski definition) is 0. The van der Waals surface area contributed by atoms with Crippen molar-refractivity contribution in [3.8, 4) is 0 Å². The molecule has 1 rings (SSSR count). The van der Waals surface area contributed by atoms with Crippen LogP contribution in [-0.2, 0) is 9.53 Å². The number of carbonyl (C=O) groups excluding carboxylic acids is 1. The van der Waals surface area contributed by atoms with Gasteiger partial charge in [-0.25, -0.2) is 0 Å². The van der Waals surface area contributed by atoms with Crippen molar-refractivity contribution in [2.75, 3.05) is 26.2 Å². The van der Waals surface area contributed by atoms with E-state index in [4.69, 9.17) is 4.74 Å². The molecule has 1 atom stereocenters. The van der Waals surface area contributed by atoms with Gasteiger partial charge in [0.05, 0.1) is 0 Å². The van der Waals surface area contributed by atoms with Crippen molar-refractivity contribution >= 4 is 26.3 Å². The molecule has 0 saturated carbocycles. The molecule has 3 nitrogen and oxygen atoms in total. The molecule has 0 N–H and O–H groups in total. The Morgan fingerprint density at radius 1 is 1.53 bits per heavy atom. The first kappa shape index (κ1) is 13.5.